The van der Waals surface area contributed by atoms with Gasteiger partial charge < -0.3 is 24.3 Å². The van der Waals surface area contributed by atoms with Crippen LogP contribution in [0.15, 0.2) is 36.4 Å². The van der Waals surface area contributed by atoms with Crippen LogP contribution >= 0.6 is 11.6 Å². The van der Waals surface area contributed by atoms with Crippen LogP contribution in [0.2, 0.25) is 5.02 Å². The molecule has 0 saturated carbocycles. The van der Waals surface area contributed by atoms with Gasteiger partial charge in [-0.05, 0) is 30.3 Å². The Labute approximate surface area is 183 Å². The molecule has 1 heterocycles. The Morgan fingerprint density at radius 3 is 2.25 bits per heavy atom. The van der Waals surface area contributed by atoms with Crippen molar-refractivity contribution in [2.24, 2.45) is 0 Å². The van der Waals surface area contributed by atoms with E-state index in [2.05, 4.69) is 14.8 Å². The Bertz CT molecular complexity index is 1090. The maximum Gasteiger partial charge on any atom is 0.492 e. The van der Waals surface area contributed by atoms with Crippen LogP contribution < -0.4 is 20.1 Å². The molecule has 3 rings (SSSR count). The van der Waals surface area contributed by atoms with Gasteiger partial charge >= 0.3 is 30.1 Å². The fourth-order valence-corrected chi connectivity index (χ4v) is 2.86. The predicted molar refractivity (Wildman–Crippen MR) is 103 cm³/mol. The summed E-state index contributed by atoms with van der Waals surface area (Å²) < 4.78 is 60.2. The molecule has 170 valence electrons. The first-order valence-corrected chi connectivity index (χ1v) is 9.01. The highest BCUT2D eigenvalue weighted by atomic mass is 35.5. The molecule has 0 unspecified atom stereocenters. The first kappa shape index (κ1) is 23.0. The molecular formula is C19H14ClF3N2O7. The lowest BCUT2D eigenvalue weighted by Gasteiger charge is -2.29. The second-order valence-corrected chi connectivity index (χ2v) is 6.67. The molecule has 0 saturated heterocycles. The highest BCUT2D eigenvalue weighted by Gasteiger charge is 2.65. The van der Waals surface area contributed by atoms with Crippen molar-refractivity contribution in [1.29, 1.82) is 0 Å². The van der Waals surface area contributed by atoms with Gasteiger partial charge in [-0.25, -0.2) is 14.4 Å². The molecule has 13 heteroatoms. The Morgan fingerprint density at radius 2 is 1.62 bits per heavy atom. The quantitative estimate of drug-likeness (QED) is 0.649. The number of ether oxygens (including phenoxy) is 4. The molecule has 2 aromatic carbocycles. The normalized spacial score (nSPS) is 16.8. The zero-order valence-corrected chi connectivity index (χ0v) is 17.1. The van der Waals surface area contributed by atoms with E-state index in [1.54, 1.807) is 5.32 Å². The molecule has 0 fully saturated rings. The van der Waals surface area contributed by atoms with Crippen molar-refractivity contribution in [3.8, 4) is 11.5 Å². The van der Waals surface area contributed by atoms with Crippen LogP contribution in [0.25, 0.3) is 0 Å². The molecule has 1 aliphatic heterocycles. The number of halogens is 4. The average molecular weight is 475 g/mol. The Hall–Kier alpha value is -3.67. The number of esters is 2. The predicted octanol–water partition coefficient (Wildman–Crippen LogP) is 3.72. The van der Waals surface area contributed by atoms with Crippen LogP contribution in [0.4, 0.5) is 23.7 Å². The van der Waals surface area contributed by atoms with Gasteiger partial charge in [0.15, 0.2) is 11.5 Å². The number of carbonyl (C=O) groups excluding carboxylic acids is 3. The number of amides is 2. The third-order valence-electron chi connectivity index (χ3n) is 4.16. The Balaban J connectivity index is 1.91. The van der Waals surface area contributed by atoms with E-state index < -0.39 is 30.1 Å². The van der Waals surface area contributed by atoms with Gasteiger partial charge in [0.25, 0.3) is 0 Å². The van der Waals surface area contributed by atoms with Gasteiger partial charge in [-0.2, -0.15) is 13.2 Å². The minimum Gasteiger partial charge on any atom is -0.465 e. The third kappa shape index (κ3) is 4.35. The van der Waals surface area contributed by atoms with Crippen LogP contribution in [0.1, 0.15) is 20.7 Å². The number of nitrogens with one attached hydrogen (secondary N) is 2. The number of rotatable bonds is 4. The second-order valence-electron chi connectivity index (χ2n) is 6.23. The summed E-state index contributed by atoms with van der Waals surface area (Å²) in [5.41, 5.74) is -0.649. The largest absolute Gasteiger partial charge is 0.492 e. The highest BCUT2D eigenvalue weighted by molar-refractivity contribution is 6.30. The lowest BCUT2D eigenvalue weighted by atomic mass is 10.1. The van der Waals surface area contributed by atoms with Gasteiger partial charge in [-0.1, -0.05) is 11.6 Å². The van der Waals surface area contributed by atoms with E-state index in [0.717, 1.165) is 38.5 Å². The van der Waals surface area contributed by atoms with E-state index in [0.29, 0.717) is 0 Å². The number of hydrogen-bond acceptors (Lipinski definition) is 7. The van der Waals surface area contributed by atoms with E-state index in [4.69, 9.17) is 21.1 Å². The van der Waals surface area contributed by atoms with E-state index in [-0.39, 0.29) is 33.3 Å². The van der Waals surface area contributed by atoms with E-state index in [1.807, 2.05) is 0 Å². The van der Waals surface area contributed by atoms with Crippen molar-refractivity contribution in [2.45, 2.75) is 12.1 Å². The number of anilines is 1. The third-order valence-corrected chi connectivity index (χ3v) is 4.39. The topological polar surface area (TPSA) is 112 Å². The van der Waals surface area contributed by atoms with Crippen molar-refractivity contribution in [1.82, 2.24) is 5.32 Å². The van der Waals surface area contributed by atoms with Gasteiger partial charge in [0.05, 0.1) is 31.0 Å². The summed E-state index contributed by atoms with van der Waals surface area (Å²) in [6, 6.07) is 5.41. The summed E-state index contributed by atoms with van der Waals surface area (Å²) in [4.78, 5) is 36.2. The van der Waals surface area contributed by atoms with Gasteiger partial charge in [0.1, 0.15) is 0 Å². The van der Waals surface area contributed by atoms with Crippen molar-refractivity contribution < 1.29 is 46.5 Å². The Kier molecular flexibility index (Phi) is 6.08. The van der Waals surface area contributed by atoms with Crippen LogP contribution in [-0.2, 0) is 9.47 Å². The molecule has 2 aromatic rings. The smallest absolute Gasteiger partial charge is 0.465 e. The molecule has 0 radical (unpaired) electrons. The number of benzene rings is 2. The van der Waals surface area contributed by atoms with Crippen molar-refractivity contribution in [2.75, 3.05) is 19.5 Å². The van der Waals surface area contributed by atoms with Crippen LogP contribution in [-0.4, -0.2) is 44.3 Å². The highest BCUT2D eigenvalue weighted by Crippen LogP contribution is 2.46. The van der Waals surface area contributed by atoms with Gasteiger partial charge in [-0.15, -0.1) is 0 Å². The lowest BCUT2D eigenvalue weighted by molar-refractivity contribution is -0.317. The van der Waals surface area contributed by atoms with Crippen molar-refractivity contribution in [3.63, 3.8) is 0 Å². The van der Waals surface area contributed by atoms with Gasteiger partial charge in [-0.3, -0.25) is 5.32 Å². The summed E-state index contributed by atoms with van der Waals surface area (Å²) in [5.74, 6) is -5.97. The second kappa shape index (κ2) is 8.46. The van der Waals surface area contributed by atoms with E-state index in [9.17, 15) is 27.6 Å². The Morgan fingerprint density at radius 1 is 0.969 bits per heavy atom. The maximum absolute atomic E-state index is 13.8. The molecule has 0 bridgehead atoms. The average Bonchev–Trinajstić information content (AvgIpc) is 3.10. The summed E-state index contributed by atoms with van der Waals surface area (Å²) >= 11 is 5.76. The standard InChI is InChI=1S/C19H14ClF3N2O7/c1-29-15(26)9-3-5-11(16(27)30-2)12(7-9)24-17(28)25-19(18(21,22)23)31-13-6-4-10(20)8-14(13)32-19/h3-8H,1-2H3,(H2,24,25,28)/t19-/m0/s1. The molecule has 0 aromatic heterocycles. The van der Waals surface area contributed by atoms with E-state index in [1.165, 1.54) is 12.1 Å². The summed E-state index contributed by atoms with van der Waals surface area (Å²) in [7, 11) is 2.16. The first-order valence-electron chi connectivity index (χ1n) is 8.64. The van der Waals surface area contributed by atoms with Crippen LogP contribution in [0.3, 0.4) is 0 Å². The molecule has 2 amide bonds. The zero-order chi connectivity index (χ0) is 23.7. The SMILES string of the molecule is COC(=O)c1ccc(C(=O)OC)c(NC(=O)N[C@@]2(C(F)(F)F)Oc3ccc(Cl)cc3O2)c1. The van der Waals surface area contributed by atoms with Crippen molar-refractivity contribution >= 4 is 35.3 Å². The van der Waals surface area contributed by atoms with Crippen LogP contribution in [0.5, 0.6) is 11.5 Å². The molecule has 1 atom stereocenters. The zero-order valence-electron chi connectivity index (χ0n) is 16.3. The first-order chi connectivity index (χ1) is 15.0. The number of hydrogen-bond donors (Lipinski definition) is 2. The fraction of sp³-hybridized carbons (Fsp3) is 0.211. The lowest BCUT2D eigenvalue weighted by Crippen LogP contribution is -2.65. The van der Waals surface area contributed by atoms with Gasteiger partial charge in [0, 0.05) is 11.1 Å². The number of alkyl halides is 3. The molecule has 1 aliphatic rings. The minimum atomic E-state index is -5.23. The monoisotopic (exact) mass is 474 g/mol. The summed E-state index contributed by atoms with van der Waals surface area (Å²) in [5, 5.41) is 3.71. The molecular weight excluding hydrogens is 461 g/mol. The number of methoxy groups -OCH3 is 2. The molecule has 9 nitrogen and oxygen atoms in total. The number of urea groups is 1. The van der Waals surface area contributed by atoms with Gasteiger partial charge in [0.2, 0.25) is 0 Å². The number of carbonyl (C=O) groups is 3. The minimum absolute atomic E-state index is 0.0807. The maximum atomic E-state index is 13.8. The molecule has 0 aliphatic carbocycles. The number of fused-ring (bicyclic) bond motifs is 1. The van der Waals surface area contributed by atoms with Crippen molar-refractivity contribution in [3.05, 3.63) is 52.5 Å². The van der Waals surface area contributed by atoms with Crippen LogP contribution in [0, 0.1) is 0 Å². The molecule has 0 spiro atoms. The summed E-state index contributed by atoms with van der Waals surface area (Å²) in [6.07, 6.45) is -5.23. The molecule has 2 N–H and O–H groups in total. The summed E-state index contributed by atoms with van der Waals surface area (Å²) in [6.45, 7) is 0. The molecule has 32 heavy (non-hydrogen) atoms. The fourth-order valence-electron chi connectivity index (χ4n) is 2.70. The van der Waals surface area contributed by atoms with E-state index >= 15 is 0 Å².